The van der Waals surface area contributed by atoms with E-state index >= 15 is 0 Å². The molecule has 34 heavy (non-hydrogen) atoms. The monoisotopic (exact) mass is 501 g/mol. The number of anilines is 1. The molecule has 0 aliphatic carbocycles. The number of nitrogens with zero attached hydrogens (tertiary/aromatic N) is 4. The van der Waals surface area contributed by atoms with Crippen LogP contribution in [-0.2, 0) is 4.79 Å². The van der Waals surface area contributed by atoms with Gasteiger partial charge in [-0.3, -0.25) is 14.3 Å². The molecule has 1 aliphatic heterocycles. The largest absolute Gasteiger partial charge is 0.495 e. The minimum absolute atomic E-state index is 0.0138. The van der Waals surface area contributed by atoms with Crippen LogP contribution in [0.5, 0.6) is 5.75 Å². The molecule has 0 atom stereocenters. The second kappa shape index (κ2) is 10.0. The van der Waals surface area contributed by atoms with Gasteiger partial charge in [-0.05, 0) is 49.1 Å². The number of carbonyl (C=O) groups is 2. The summed E-state index contributed by atoms with van der Waals surface area (Å²) < 4.78 is 6.87. The zero-order chi connectivity index (χ0) is 24.4. The Morgan fingerprint density at radius 2 is 1.82 bits per heavy atom. The van der Waals surface area contributed by atoms with E-state index < -0.39 is 0 Å². The van der Waals surface area contributed by atoms with Gasteiger partial charge in [0.05, 0.1) is 29.4 Å². The molecule has 3 aromatic rings. The van der Waals surface area contributed by atoms with Gasteiger partial charge in [0.2, 0.25) is 5.91 Å². The van der Waals surface area contributed by atoms with Gasteiger partial charge in [-0.15, -0.1) is 0 Å². The second-order valence-electron chi connectivity index (χ2n) is 8.22. The molecule has 4 rings (SSSR count). The molecule has 10 heteroatoms. The molecule has 0 unspecified atom stereocenters. The standard InChI is InChI=1S/C24H25Cl2N5O3/c1-14-10-17(16-4-5-21(34-3)19(25)11-16)12-27-23(14)29-24(33)22-20(26)13-28-31(22)18-6-8-30(9-7-18)15(2)32/h4-5,10-13,18H,6-9H2,1-3H3,(H,27,29,33). The summed E-state index contributed by atoms with van der Waals surface area (Å²) in [5, 5.41) is 7.99. The van der Waals surface area contributed by atoms with Crippen molar-refractivity contribution in [3.8, 4) is 16.9 Å². The lowest BCUT2D eigenvalue weighted by Gasteiger charge is -2.32. The van der Waals surface area contributed by atoms with Crippen LogP contribution in [0.4, 0.5) is 5.82 Å². The Bertz CT molecular complexity index is 1240. The number of piperidine rings is 1. The first kappa shape index (κ1) is 24.0. The van der Waals surface area contributed by atoms with Crippen LogP contribution in [0.25, 0.3) is 11.1 Å². The third-order valence-electron chi connectivity index (χ3n) is 6.02. The zero-order valence-electron chi connectivity index (χ0n) is 19.1. The Morgan fingerprint density at radius 3 is 2.44 bits per heavy atom. The maximum atomic E-state index is 13.2. The fraction of sp³-hybridized carbons (Fsp3) is 0.333. The summed E-state index contributed by atoms with van der Waals surface area (Å²) in [7, 11) is 1.57. The van der Waals surface area contributed by atoms with E-state index in [1.54, 1.807) is 35.9 Å². The highest BCUT2D eigenvalue weighted by Gasteiger charge is 2.28. The highest BCUT2D eigenvalue weighted by atomic mass is 35.5. The summed E-state index contributed by atoms with van der Waals surface area (Å²) in [4.78, 5) is 31.0. The third-order valence-corrected chi connectivity index (χ3v) is 6.59. The van der Waals surface area contributed by atoms with Crippen LogP contribution in [0, 0.1) is 6.92 Å². The average molecular weight is 502 g/mol. The highest BCUT2D eigenvalue weighted by molar-refractivity contribution is 6.34. The summed E-state index contributed by atoms with van der Waals surface area (Å²) in [5.74, 6) is 0.701. The van der Waals surface area contributed by atoms with Crippen molar-refractivity contribution in [2.24, 2.45) is 0 Å². The minimum Gasteiger partial charge on any atom is -0.495 e. The van der Waals surface area contributed by atoms with Crippen LogP contribution in [0.1, 0.15) is 41.9 Å². The van der Waals surface area contributed by atoms with Gasteiger partial charge in [0, 0.05) is 31.8 Å². The van der Waals surface area contributed by atoms with Gasteiger partial charge < -0.3 is 15.0 Å². The van der Waals surface area contributed by atoms with E-state index in [0.29, 0.717) is 42.5 Å². The number of pyridine rings is 1. The number of hydrogen-bond donors (Lipinski definition) is 1. The van der Waals surface area contributed by atoms with Crippen molar-refractivity contribution in [2.75, 3.05) is 25.5 Å². The molecule has 8 nitrogen and oxygen atoms in total. The lowest BCUT2D eigenvalue weighted by Crippen LogP contribution is -2.38. The van der Waals surface area contributed by atoms with Crippen molar-refractivity contribution in [1.82, 2.24) is 19.7 Å². The van der Waals surface area contributed by atoms with E-state index in [1.807, 2.05) is 25.1 Å². The van der Waals surface area contributed by atoms with Gasteiger partial charge in [-0.2, -0.15) is 5.10 Å². The van der Waals surface area contributed by atoms with Crippen molar-refractivity contribution < 1.29 is 14.3 Å². The van der Waals surface area contributed by atoms with Crippen molar-refractivity contribution in [3.63, 3.8) is 0 Å². The van der Waals surface area contributed by atoms with Crippen LogP contribution in [0.15, 0.2) is 36.7 Å². The SMILES string of the molecule is COc1ccc(-c2cnc(NC(=O)c3c(Cl)cnn3C3CCN(C(C)=O)CC3)c(C)c2)cc1Cl. The van der Waals surface area contributed by atoms with E-state index in [4.69, 9.17) is 27.9 Å². The minimum atomic E-state index is -0.382. The van der Waals surface area contributed by atoms with Crippen molar-refractivity contribution >= 4 is 40.8 Å². The van der Waals surface area contributed by atoms with Crippen LogP contribution in [0.3, 0.4) is 0 Å². The number of halogens is 2. The summed E-state index contributed by atoms with van der Waals surface area (Å²) in [6.07, 6.45) is 4.56. The van der Waals surface area contributed by atoms with Crippen molar-refractivity contribution in [1.29, 1.82) is 0 Å². The number of likely N-dealkylation sites (tertiary alicyclic amines) is 1. The molecule has 0 spiro atoms. The van der Waals surface area contributed by atoms with E-state index in [0.717, 1.165) is 16.7 Å². The smallest absolute Gasteiger partial charge is 0.276 e. The van der Waals surface area contributed by atoms with Gasteiger partial charge in [-0.1, -0.05) is 29.3 Å². The molecular formula is C24H25Cl2N5O3. The number of nitrogens with one attached hydrogen (secondary N) is 1. The molecule has 0 saturated carbocycles. The number of benzene rings is 1. The van der Waals surface area contributed by atoms with E-state index in [9.17, 15) is 9.59 Å². The lowest BCUT2D eigenvalue weighted by atomic mass is 10.0. The highest BCUT2D eigenvalue weighted by Crippen LogP contribution is 2.32. The van der Waals surface area contributed by atoms with Crippen molar-refractivity contribution in [2.45, 2.75) is 32.7 Å². The van der Waals surface area contributed by atoms with Gasteiger partial charge >= 0.3 is 0 Å². The summed E-state index contributed by atoms with van der Waals surface area (Å²) in [6, 6.07) is 7.42. The number of ether oxygens (including phenoxy) is 1. The quantitative estimate of drug-likeness (QED) is 0.530. The topological polar surface area (TPSA) is 89.3 Å². The molecular weight excluding hydrogens is 477 g/mol. The molecule has 1 N–H and O–H groups in total. The fourth-order valence-corrected chi connectivity index (χ4v) is 4.61. The van der Waals surface area contributed by atoms with Gasteiger partial charge in [0.1, 0.15) is 17.3 Å². The molecule has 1 aromatic carbocycles. The lowest BCUT2D eigenvalue weighted by molar-refractivity contribution is -0.130. The molecule has 2 amide bonds. The molecule has 0 bridgehead atoms. The Hall–Kier alpha value is -3.10. The first-order valence-electron chi connectivity index (χ1n) is 10.9. The van der Waals surface area contributed by atoms with Crippen LogP contribution < -0.4 is 10.1 Å². The number of amides is 2. The maximum absolute atomic E-state index is 13.2. The molecule has 1 saturated heterocycles. The zero-order valence-corrected chi connectivity index (χ0v) is 20.7. The molecule has 1 fully saturated rings. The molecule has 2 aromatic heterocycles. The maximum Gasteiger partial charge on any atom is 0.276 e. The number of carbonyl (C=O) groups excluding carboxylic acids is 2. The van der Waals surface area contributed by atoms with Gasteiger partial charge in [0.15, 0.2) is 0 Å². The normalized spacial score (nSPS) is 14.2. The molecule has 1 aliphatic rings. The Morgan fingerprint density at radius 1 is 1.09 bits per heavy atom. The Kier molecular flexibility index (Phi) is 7.09. The van der Waals surface area contributed by atoms with E-state index in [2.05, 4.69) is 15.4 Å². The first-order chi connectivity index (χ1) is 16.3. The number of rotatable bonds is 5. The molecule has 3 heterocycles. The fourth-order valence-electron chi connectivity index (χ4n) is 4.13. The van der Waals surface area contributed by atoms with Crippen LogP contribution >= 0.6 is 23.2 Å². The predicted octanol–water partition coefficient (Wildman–Crippen LogP) is 5.00. The number of aromatic nitrogens is 3. The predicted molar refractivity (Wildman–Crippen MR) is 132 cm³/mol. The second-order valence-corrected chi connectivity index (χ2v) is 9.03. The Balaban J connectivity index is 1.52. The molecule has 178 valence electrons. The Labute approximate surface area is 207 Å². The van der Waals surface area contributed by atoms with Gasteiger partial charge in [0.25, 0.3) is 5.91 Å². The number of hydrogen-bond acceptors (Lipinski definition) is 5. The summed E-state index contributed by atoms with van der Waals surface area (Å²) in [6.45, 7) is 4.67. The number of methoxy groups -OCH3 is 1. The van der Waals surface area contributed by atoms with E-state index in [1.165, 1.54) is 6.20 Å². The number of aryl methyl sites for hydroxylation is 1. The third kappa shape index (κ3) is 4.88. The first-order valence-corrected chi connectivity index (χ1v) is 11.6. The average Bonchev–Trinajstić information content (AvgIpc) is 3.21. The van der Waals surface area contributed by atoms with E-state index in [-0.39, 0.29) is 28.6 Å². The van der Waals surface area contributed by atoms with Crippen LogP contribution in [-0.4, -0.2) is 51.7 Å². The molecule has 0 radical (unpaired) electrons. The summed E-state index contributed by atoms with van der Waals surface area (Å²) >= 11 is 12.6. The van der Waals surface area contributed by atoms with Gasteiger partial charge in [-0.25, -0.2) is 4.98 Å². The van der Waals surface area contributed by atoms with Crippen LogP contribution in [0.2, 0.25) is 10.0 Å². The summed E-state index contributed by atoms with van der Waals surface area (Å²) in [5.41, 5.74) is 2.82. The van der Waals surface area contributed by atoms with Crippen molar-refractivity contribution in [3.05, 3.63) is 58.0 Å².